The lowest BCUT2D eigenvalue weighted by molar-refractivity contribution is -0.139. The van der Waals surface area contributed by atoms with Crippen molar-refractivity contribution in [2.24, 2.45) is 0 Å². The van der Waals surface area contributed by atoms with Crippen molar-refractivity contribution in [3.63, 3.8) is 0 Å². The van der Waals surface area contributed by atoms with E-state index >= 15 is 0 Å². The van der Waals surface area contributed by atoms with Gasteiger partial charge in [-0.05, 0) is 43.0 Å². The second-order valence-corrected chi connectivity index (χ2v) is 7.66. The van der Waals surface area contributed by atoms with Crippen LogP contribution in [0.25, 0.3) is 0 Å². The van der Waals surface area contributed by atoms with Crippen LogP contribution in [-0.4, -0.2) is 49.5 Å². The lowest BCUT2D eigenvalue weighted by atomic mass is 9.87. The third kappa shape index (κ3) is 6.14. The second-order valence-electron chi connectivity index (χ2n) is 7.66. The van der Waals surface area contributed by atoms with E-state index in [1.807, 2.05) is 12.1 Å². The molecule has 6 heteroatoms. The highest BCUT2D eigenvalue weighted by molar-refractivity contribution is 5.96. The first kappa shape index (κ1) is 19.4. The van der Waals surface area contributed by atoms with Crippen molar-refractivity contribution in [1.82, 2.24) is 15.7 Å². The van der Waals surface area contributed by atoms with Crippen molar-refractivity contribution in [2.75, 3.05) is 26.7 Å². The van der Waals surface area contributed by atoms with E-state index < -0.39 is 0 Å². The Hall–Kier alpha value is -1.92. The van der Waals surface area contributed by atoms with Crippen LogP contribution in [0, 0.1) is 0 Å². The zero-order valence-corrected chi connectivity index (χ0v) is 15.6. The van der Waals surface area contributed by atoms with Gasteiger partial charge in [-0.1, -0.05) is 32.9 Å². The molecule has 1 fully saturated rings. The van der Waals surface area contributed by atoms with Crippen LogP contribution in [0.3, 0.4) is 0 Å². The van der Waals surface area contributed by atoms with Gasteiger partial charge >= 0.3 is 0 Å². The molecule has 1 saturated heterocycles. The van der Waals surface area contributed by atoms with Gasteiger partial charge in [-0.2, -0.15) is 0 Å². The maximum absolute atomic E-state index is 12.1. The average Bonchev–Trinajstić information content (AvgIpc) is 2.58. The van der Waals surface area contributed by atoms with E-state index in [0.29, 0.717) is 5.56 Å². The minimum atomic E-state index is -0.349. The highest BCUT2D eigenvalue weighted by Gasteiger charge is 2.18. The van der Waals surface area contributed by atoms with Crippen LogP contribution in [-0.2, 0) is 15.0 Å². The Kier molecular flexibility index (Phi) is 6.56. The number of benzene rings is 1. The zero-order chi connectivity index (χ0) is 18.4. The molecule has 2 N–H and O–H groups in total. The van der Waals surface area contributed by atoms with E-state index in [1.54, 1.807) is 12.1 Å². The average molecular weight is 347 g/mol. The summed E-state index contributed by atoms with van der Waals surface area (Å²) >= 11 is 0. The number of nitrogens with one attached hydrogen (secondary N) is 2. The van der Waals surface area contributed by atoms with Gasteiger partial charge < -0.3 is 10.2 Å². The molecule has 25 heavy (non-hydrogen) atoms. The number of likely N-dealkylation sites (tertiary alicyclic amines) is 1. The van der Waals surface area contributed by atoms with Gasteiger partial charge in [0.25, 0.3) is 11.8 Å². The molecule has 1 heterocycles. The van der Waals surface area contributed by atoms with E-state index in [-0.39, 0.29) is 29.9 Å². The summed E-state index contributed by atoms with van der Waals surface area (Å²) in [5.74, 6) is -0.617. The smallest absolute Gasteiger partial charge is 0.262 e. The quantitative estimate of drug-likeness (QED) is 0.798. The van der Waals surface area contributed by atoms with Gasteiger partial charge in [-0.25, -0.2) is 5.48 Å². The number of hydroxylamine groups is 1. The van der Waals surface area contributed by atoms with Crippen LogP contribution in [0.15, 0.2) is 24.3 Å². The number of nitrogens with zero attached hydrogens (tertiary/aromatic N) is 1. The molecule has 1 aliphatic heterocycles. The first-order valence-electron chi connectivity index (χ1n) is 8.77. The van der Waals surface area contributed by atoms with Gasteiger partial charge in [0, 0.05) is 18.7 Å². The zero-order valence-electron chi connectivity index (χ0n) is 15.6. The van der Waals surface area contributed by atoms with Gasteiger partial charge in [0.15, 0.2) is 0 Å². The third-order valence-corrected chi connectivity index (χ3v) is 4.43. The van der Waals surface area contributed by atoms with Crippen molar-refractivity contribution >= 4 is 11.8 Å². The van der Waals surface area contributed by atoms with Crippen LogP contribution in [0.1, 0.15) is 49.5 Å². The number of amides is 2. The number of piperidine rings is 1. The molecule has 0 atom stereocenters. The molecule has 0 radical (unpaired) electrons. The fourth-order valence-corrected chi connectivity index (χ4v) is 2.67. The molecule has 0 bridgehead atoms. The van der Waals surface area contributed by atoms with Gasteiger partial charge in [-0.3, -0.25) is 14.4 Å². The van der Waals surface area contributed by atoms with Crippen molar-refractivity contribution in [3.05, 3.63) is 35.4 Å². The van der Waals surface area contributed by atoms with Gasteiger partial charge in [0.05, 0.1) is 12.6 Å². The third-order valence-electron chi connectivity index (χ3n) is 4.43. The maximum atomic E-state index is 12.1. The fraction of sp³-hybridized carbons (Fsp3) is 0.579. The highest BCUT2D eigenvalue weighted by atomic mass is 16.7. The normalized spacial score (nSPS) is 16.5. The minimum Gasteiger partial charge on any atom is -0.343 e. The van der Waals surface area contributed by atoms with E-state index in [1.165, 1.54) is 0 Å². The monoisotopic (exact) mass is 347 g/mol. The first-order valence-corrected chi connectivity index (χ1v) is 8.77. The molecule has 0 aromatic heterocycles. The lowest BCUT2D eigenvalue weighted by Crippen LogP contribution is -2.41. The SMILES string of the molecule is CN1CCC(ONC(=O)CNC(=O)c2ccc(C(C)(C)C)cc2)CC1. The van der Waals surface area contributed by atoms with Gasteiger partial charge in [-0.15, -0.1) is 0 Å². The topological polar surface area (TPSA) is 70.7 Å². The molecule has 1 aliphatic rings. The van der Waals surface area contributed by atoms with Crippen molar-refractivity contribution in [3.8, 4) is 0 Å². The summed E-state index contributed by atoms with van der Waals surface area (Å²) < 4.78 is 0. The van der Waals surface area contributed by atoms with Gasteiger partial charge in [0.2, 0.25) is 0 Å². The Balaban J connectivity index is 1.73. The summed E-state index contributed by atoms with van der Waals surface area (Å²) in [5, 5.41) is 2.61. The van der Waals surface area contributed by atoms with Crippen molar-refractivity contribution in [1.29, 1.82) is 0 Å². The largest absolute Gasteiger partial charge is 0.343 e. The summed E-state index contributed by atoms with van der Waals surface area (Å²) in [6.45, 7) is 8.18. The van der Waals surface area contributed by atoms with Crippen LogP contribution in [0.5, 0.6) is 0 Å². The summed E-state index contributed by atoms with van der Waals surface area (Å²) in [6, 6.07) is 7.45. The minimum absolute atomic E-state index is 0.0418. The first-order chi connectivity index (χ1) is 11.8. The molecule has 0 spiro atoms. The van der Waals surface area contributed by atoms with Crippen LogP contribution >= 0.6 is 0 Å². The molecule has 2 rings (SSSR count). The molecule has 1 aromatic rings. The molecule has 138 valence electrons. The Bertz CT molecular complexity index is 585. The Labute approximate surface area is 149 Å². The summed E-state index contributed by atoms with van der Waals surface area (Å²) in [5.41, 5.74) is 4.17. The molecule has 1 aromatic carbocycles. The van der Waals surface area contributed by atoms with Gasteiger partial charge in [0.1, 0.15) is 0 Å². The lowest BCUT2D eigenvalue weighted by Gasteiger charge is -2.28. The van der Waals surface area contributed by atoms with Crippen LogP contribution < -0.4 is 10.8 Å². The Morgan fingerprint density at radius 1 is 1.16 bits per heavy atom. The van der Waals surface area contributed by atoms with Crippen LogP contribution in [0.2, 0.25) is 0 Å². The Morgan fingerprint density at radius 3 is 2.32 bits per heavy atom. The number of rotatable bonds is 5. The number of carbonyl (C=O) groups is 2. The van der Waals surface area contributed by atoms with E-state index in [2.05, 4.69) is 43.5 Å². The maximum Gasteiger partial charge on any atom is 0.262 e. The van der Waals surface area contributed by atoms with E-state index in [9.17, 15) is 9.59 Å². The summed E-state index contributed by atoms with van der Waals surface area (Å²) in [4.78, 5) is 31.6. The van der Waals surface area contributed by atoms with E-state index in [4.69, 9.17) is 4.84 Å². The molecule has 6 nitrogen and oxygen atoms in total. The van der Waals surface area contributed by atoms with E-state index in [0.717, 1.165) is 31.5 Å². The molecular formula is C19H29N3O3. The molecule has 0 saturated carbocycles. The number of hydrogen-bond donors (Lipinski definition) is 2. The predicted octanol–water partition coefficient (Wildman–Crippen LogP) is 1.86. The predicted molar refractivity (Wildman–Crippen MR) is 97.2 cm³/mol. The van der Waals surface area contributed by atoms with Crippen molar-refractivity contribution < 1.29 is 14.4 Å². The van der Waals surface area contributed by atoms with Crippen molar-refractivity contribution in [2.45, 2.75) is 45.1 Å². The number of hydrogen-bond acceptors (Lipinski definition) is 4. The molecule has 0 unspecified atom stereocenters. The highest BCUT2D eigenvalue weighted by Crippen LogP contribution is 2.22. The molecule has 0 aliphatic carbocycles. The van der Waals surface area contributed by atoms with Crippen LogP contribution in [0.4, 0.5) is 0 Å². The number of carbonyl (C=O) groups excluding carboxylic acids is 2. The Morgan fingerprint density at radius 2 is 1.76 bits per heavy atom. The fourth-order valence-electron chi connectivity index (χ4n) is 2.67. The summed E-state index contributed by atoms with van der Waals surface area (Å²) in [6.07, 6.45) is 1.83. The molecular weight excluding hydrogens is 318 g/mol. The second kappa shape index (κ2) is 8.45. The molecule has 2 amide bonds. The standard InChI is InChI=1S/C19H29N3O3/c1-19(2,3)15-7-5-14(6-8-15)18(24)20-13-17(23)21-25-16-9-11-22(4)12-10-16/h5-8,16H,9-13H2,1-4H3,(H,20,24)(H,21,23). The summed E-state index contributed by atoms with van der Waals surface area (Å²) in [7, 11) is 2.07.